The van der Waals surface area contributed by atoms with E-state index in [1.165, 1.54) is 18.9 Å². The number of methoxy groups -OCH3 is 1. The number of fused-ring (bicyclic) bond motifs is 1. The Morgan fingerprint density at radius 3 is 2.53 bits per heavy atom. The fraction of sp³-hybridized carbons (Fsp3) is 0.160. The van der Waals surface area contributed by atoms with Gasteiger partial charge in [-0.3, -0.25) is 4.79 Å². The van der Waals surface area contributed by atoms with Crippen molar-refractivity contribution in [2.24, 2.45) is 0 Å². The maximum atomic E-state index is 13.0. The van der Waals surface area contributed by atoms with Gasteiger partial charge in [0.1, 0.15) is 5.82 Å². The van der Waals surface area contributed by atoms with E-state index >= 15 is 0 Å². The molecular weight excluding hydrogens is 404 g/mol. The summed E-state index contributed by atoms with van der Waals surface area (Å²) >= 11 is 0. The Labute approximate surface area is 185 Å². The lowest BCUT2D eigenvalue weighted by molar-refractivity contribution is 0.0600. The first-order valence-electron chi connectivity index (χ1n) is 10.3. The molecule has 32 heavy (non-hydrogen) atoms. The van der Waals surface area contributed by atoms with Gasteiger partial charge in [0.15, 0.2) is 0 Å². The molecule has 0 aliphatic carbocycles. The number of carbonyl (C=O) groups excluding carboxylic acids is 1. The first-order valence-corrected chi connectivity index (χ1v) is 10.3. The fourth-order valence-electron chi connectivity index (χ4n) is 3.48. The Morgan fingerprint density at radius 1 is 1.03 bits per heavy atom. The van der Waals surface area contributed by atoms with Crippen molar-refractivity contribution in [3.63, 3.8) is 0 Å². The van der Waals surface area contributed by atoms with Crippen molar-refractivity contribution in [2.75, 3.05) is 30.8 Å². The van der Waals surface area contributed by atoms with Crippen molar-refractivity contribution in [3.05, 3.63) is 88.3 Å². The highest BCUT2D eigenvalue weighted by Crippen LogP contribution is 2.26. The van der Waals surface area contributed by atoms with E-state index in [4.69, 9.17) is 0 Å². The summed E-state index contributed by atoms with van der Waals surface area (Å²) in [5.41, 5.74) is 4.92. The van der Waals surface area contributed by atoms with Crippen molar-refractivity contribution < 1.29 is 9.53 Å². The fourth-order valence-corrected chi connectivity index (χ4v) is 3.48. The maximum Gasteiger partial charge on any atom is 0.339 e. The third-order valence-corrected chi connectivity index (χ3v) is 5.21. The number of hydrogen-bond acceptors (Lipinski definition) is 6. The highest BCUT2D eigenvalue weighted by Gasteiger charge is 2.10. The second kappa shape index (κ2) is 9.34. The molecular formula is C25H24N4O3. The average molecular weight is 428 g/mol. The molecule has 0 unspecified atom stereocenters. The van der Waals surface area contributed by atoms with E-state index in [9.17, 15) is 9.59 Å². The van der Waals surface area contributed by atoms with E-state index in [0.717, 1.165) is 16.6 Å². The molecule has 0 aliphatic rings. The summed E-state index contributed by atoms with van der Waals surface area (Å²) in [6.45, 7) is 3.12. The zero-order chi connectivity index (χ0) is 22.5. The van der Waals surface area contributed by atoms with Crippen molar-refractivity contribution in [1.29, 1.82) is 0 Å². The molecule has 2 aromatic carbocycles. The summed E-state index contributed by atoms with van der Waals surface area (Å²) in [6.07, 6.45) is 3.17. The number of carbonyl (C=O) groups is 1. The van der Waals surface area contributed by atoms with Crippen LogP contribution in [0.2, 0.25) is 0 Å². The van der Waals surface area contributed by atoms with E-state index in [2.05, 4.69) is 56.5 Å². The van der Waals surface area contributed by atoms with E-state index in [1.807, 2.05) is 18.2 Å². The lowest BCUT2D eigenvalue weighted by Crippen LogP contribution is -2.19. The molecule has 162 valence electrons. The van der Waals surface area contributed by atoms with Crippen molar-refractivity contribution >= 4 is 28.4 Å². The van der Waals surface area contributed by atoms with Crippen LogP contribution in [0.1, 0.15) is 15.9 Å². The number of para-hydroxylation sites is 1. The van der Waals surface area contributed by atoms with Gasteiger partial charge in [0.25, 0.3) is 0 Å². The molecule has 0 atom stereocenters. The first kappa shape index (κ1) is 21.1. The molecule has 4 rings (SSSR count). The molecule has 0 saturated heterocycles. The first-order chi connectivity index (χ1) is 15.6. The van der Waals surface area contributed by atoms with Gasteiger partial charge in [0.2, 0.25) is 5.43 Å². The highest BCUT2D eigenvalue weighted by atomic mass is 16.5. The second-order valence-electron chi connectivity index (χ2n) is 7.40. The molecule has 3 N–H and O–H groups in total. The molecule has 0 fully saturated rings. The van der Waals surface area contributed by atoms with Crippen LogP contribution >= 0.6 is 0 Å². The number of rotatable bonds is 7. The summed E-state index contributed by atoms with van der Waals surface area (Å²) < 4.78 is 4.66. The Morgan fingerprint density at radius 2 is 1.81 bits per heavy atom. The third kappa shape index (κ3) is 4.46. The zero-order valence-corrected chi connectivity index (χ0v) is 17.9. The monoisotopic (exact) mass is 428 g/mol. The molecule has 2 heterocycles. The van der Waals surface area contributed by atoms with Gasteiger partial charge in [-0.05, 0) is 30.7 Å². The van der Waals surface area contributed by atoms with Crippen LogP contribution in [0.3, 0.4) is 0 Å². The summed E-state index contributed by atoms with van der Waals surface area (Å²) in [5, 5.41) is 6.97. The zero-order valence-electron chi connectivity index (χ0n) is 17.9. The molecule has 2 aromatic heterocycles. The molecule has 7 nitrogen and oxygen atoms in total. The minimum atomic E-state index is -0.424. The van der Waals surface area contributed by atoms with Crippen LogP contribution in [-0.2, 0) is 4.74 Å². The lowest BCUT2D eigenvalue weighted by atomic mass is 10.0. The molecule has 0 radical (unpaired) electrons. The second-order valence-corrected chi connectivity index (χ2v) is 7.40. The van der Waals surface area contributed by atoms with Gasteiger partial charge in [-0.15, -0.1) is 0 Å². The Bertz CT molecular complexity index is 1300. The highest BCUT2D eigenvalue weighted by molar-refractivity contribution is 5.94. The summed E-state index contributed by atoms with van der Waals surface area (Å²) in [4.78, 5) is 31.9. The van der Waals surface area contributed by atoms with Crippen LogP contribution in [-0.4, -0.2) is 36.1 Å². The molecule has 0 saturated carbocycles. The van der Waals surface area contributed by atoms with Crippen LogP contribution in [0.15, 0.2) is 71.8 Å². The Kier molecular flexibility index (Phi) is 6.17. The number of aromatic amines is 1. The average Bonchev–Trinajstić information content (AvgIpc) is 2.83. The number of H-pyrrole nitrogens is 1. The SMILES string of the molecule is COC(=O)c1ccc(NCCNc2c[nH]c3c(-c4ccc(C)cc4)cccc3c2=O)nc1. The van der Waals surface area contributed by atoms with Crippen molar-refractivity contribution in [1.82, 2.24) is 9.97 Å². The Balaban J connectivity index is 1.44. The maximum absolute atomic E-state index is 13.0. The van der Waals surface area contributed by atoms with E-state index in [-0.39, 0.29) is 5.43 Å². The van der Waals surface area contributed by atoms with Crippen LogP contribution in [0.25, 0.3) is 22.0 Å². The van der Waals surface area contributed by atoms with Gasteiger partial charge in [-0.25, -0.2) is 9.78 Å². The van der Waals surface area contributed by atoms with Crippen LogP contribution in [0.4, 0.5) is 11.5 Å². The molecule has 4 aromatic rings. The van der Waals surface area contributed by atoms with Gasteiger partial charge in [-0.1, -0.05) is 42.0 Å². The van der Waals surface area contributed by atoms with Crippen LogP contribution < -0.4 is 16.1 Å². The number of benzene rings is 2. The normalized spacial score (nSPS) is 10.7. The molecule has 0 spiro atoms. The number of nitrogens with one attached hydrogen (secondary N) is 3. The molecule has 0 aliphatic heterocycles. The molecule has 0 amide bonds. The number of esters is 1. The predicted molar refractivity (Wildman–Crippen MR) is 127 cm³/mol. The van der Waals surface area contributed by atoms with E-state index in [1.54, 1.807) is 18.3 Å². The summed E-state index contributed by atoms with van der Waals surface area (Å²) in [6, 6.07) is 17.4. The molecule has 0 bridgehead atoms. The van der Waals surface area contributed by atoms with Gasteiger partial charge in [-0.2, -0.15) is 0 Å². The van der Waals surface area contributed by atoms with Crippen LogP contribution in [0.5, 0.6) is 0 Å². The van der Waals surface area contributed by atoms with Gasteiger partial charge >= 0.3 is 5.97 Å². The summed E-state index contributed by atoms with van der Waals surface area (Å²) in [5.74, 6) is 0.210. The van der Waals surface area contributed by atoms with Crippen molar-refractivity contribution in [2.45, 2.75) is 6.92 Å². The van der Waals surface area contributed by atoms with Gasteiger partial charge < -0.3 is 20.4 Å². The molecule has 7 heteroatoms. The summed E-state index contributed by atoms with van der Waals surface area (Å²) in [7, 11) is 1.33. The quantitative estimate of drug-likeness (QED) is 0.301. The number of aryl methyl sites for hydroxylation is 1. The number of nitrogens with zero attached hydrogens (tertiary/aromatic N) is 1. The number of aromatic nitrogens is 2. The number of hydrogen-bond donors (Lipinski definition) is 3. The minimum absolute atomic E-state index is 0.0479. The van der Waals surface area contributed by atoms with Crippen molar-refractivity contribution in [3.8, 4) is 11.1 Å². The smallest absolute Gasteiger partial charge is 0.339 e. The number of anilines is 2. The Hall–Kier alpha value is -4.13. The van der Waals surface area contributed by atoms with Gasteiger partial charge in [0, 0.05) is 36.4 Å². The standard InChI is InChI=1S/C25H24N4O3/c1-16-6-8-17(9-7-16)19-4-3-5-20-23(19)29-15-21(24(20)30)26-12-13-27-22-11-10-18(14-28-22)25(31)32-2/h3-11,14-15,26H,12-13H2,1-2H3,(H,27,28)(H,29,30). The third-order valence-electron chi connectivity index (χ3n) is 5.21. The van der Waals surface area contributed by atoms with E-state index in [0.29, 0.717) is 35.5 Å². The van der Waals surface area contributed by atoms with Crippen LogP contribution in [0, 0.1) is 6.92 Å². The lowest BCUT2D eigenvalue weighted by Gasteiger charge is -2.11. The number of ether oxygens (including phenoxy) is 1. The minimum Gasteiger partial charge on any atom is -0.465 e. The van der Waals surface area contributed by atoms with Gasteiger partial charge in [0.05, 0.1) is 23.9 Å². The van der Waals surface area contributed by atoms with E-state index < -0.39 is 5.97 Å². The topological polar surface area (TPSA) is 96.1 Å². The predicted octanol–water partition coefficient (Wildman–Crippen LogP) is 4.21. The largest absolute Gasteiger partial charge is 0.465 e. The number of pyridine rings is 2.